The van der Waals surface area contributed by atoms with Crippen LogP contribution < -0.4 is 10.6 Å². The highest BCUT2D eigenvalue weighted by atomic mass is 16.2. The van der Waals surface area contributed by atoms with Crippen LogP contribution in [0.2, 0.25) is 0 Å². The number of hydrogen-bond acceptors (Lipinski definition) is 2. The number of rotatable bonds is 3. The molecule has 1 aromatic rings. The van der Waals surface area contributed by atoms with Gasteiger partial charge in [-0.3, -0.25) is 9.69 Å². The molecule has 2 aliphatic heterocycles. The summed E-state index contributed by atoms with van der Waals surface area (Å²) < 4.78 is 0. The summed E-state index contributed by atoms with van der Waals surface area (Å²) in [5, 5.41) is 0. The molecule has 5 heteroatoms. The first-order valence-electron chi connectivity index (χ1n) is 8.08. The highest BCUT2D eigenvalue weighted by Gasteiger charge is 2.31. The van der Waals surface area contributed by atoms with Crippen LogP contribution in [0.25, 0.3) is 0 Å². The molecule has 2 heterocycles. The van der Waals surface area contributed by atoms with Crippen LogP contribution in [0, 0.1) is 5.92 Å². The van der Waals surface area contributed by atoms with Crippen LogP contribution in [0.1, 0.15) is 31.2 Å². The maximum atomic E-state index is 12.8. The van der Waals surface area contributed by atoms with Gasteiger partial charge in [0.2, 0.25) is 5.91 Å². The molecule has 1 fully saturated rings. The SMILES string of the molecule is NC(=O)CCC1CCCN(C(=O)N2CCc3ccccc32)C1. The molecule has 118 valence electrons. The van der Waals surface area contributed by atoms with Gasteiger partial charge in [0.15, 0.2) is 0 Å². The molecule has 1 saturated heterocycles. The molecule has 2 aliphatic rings. The van der Waals surface area contributed by atoms with Gasteiger partial charge in [0.1, 0.15) is 0 Å². The number of anilines is 1. The minimum atomic E-state index is -0.253. The molecule has 0 aromatic heterocycles. The van der Waals surface area contributed by atoms with E-state index in [9.17, 15) is 9.59 Å². The molecule has 0 saturated carbocycles. The van der Waals surface area contributed by atoms with Crippen LogP contribution >= 0.6 is 0 Å². The lowest BCUT2D eigenvalue weighted by atomic mass is 9.93. The molecular weight excluding hydrogens is 278 g/mol. The van der Waals surface area contributed by atoms with Crippen molar-refractivity contribution in [2.45, 2.75) is 32.1 Å². The van der Waals surface area contributed by atoms with E-state index in [1.165, 1.54) is 5.56 Å². The van der Waals surface area contributed by atoms with Gasteiger partial charge in [-0.2, -0.15) is 0 Å². The van der Waals surface area contributed by atoms with E-state index in [0.29, 0.717) is 12.3 Å². The first kappa shape index (κ1) is 14.9. The molecule has 0 spiro atoms. The number of fused-ring (bicyclic) bond motifs is 1. The van der Waals surface area contributed by atoms with Crippen LogP contribution in [0.5, 0.6) is 0 Å². The first-order valence-corrected chi connectivity index (χ1v) is 8.08. The van der Waals surface area contributed by atoms with E-state index >= 15 is 0 Å². The Balaban J connectivity index is 1.64. The van der Waals surface area contributed by atoms with E-state index in [1.807, 2.05) is 28.0 Å². The van der Waals surface area contributed by atoms with Crippen LogP contribution in [0.15, 0.2) is 24.3 Å². The van der Waals surface area contributed by atoms with Crippen LogP contribution in [-0.4, -0.2) is 36.5 Å². The molecule has 0 radical (unpaired) electrons. The quantitative estimate of drug-likeness (QED) is 0.929. The standard InChI is InChI=1S/C17H23N3O2/c18-16(21)8-7-13-4-3-10-19(12-13)17(22)20-11-9-14-5-1-2-6-15(14)20/h1-2,5-6,13H,3-4,7-12H2,(H2,18,21). The van der Waals surface area contributed by atoms with Crippen molar-refractivity contribution in [1.82, 2.24) is 4.90 Å². The largest absolute Gasteiger partial charge is 0.370 e. The molecule has 22 heavy (non-hydrogen) atoms. The van der Waals surface area contributed by atoms with E-state index in [-0.39, 0.29) is 11.9 Å². The number of nitrogens with zero attached hydrogens (tertiary/aromatic N) is 2. The number of primary amides is 1. The van der Waals surface area contributed by atoms with Gasteiger partial charge < -0.3 is 10.6 Å². The fraction of sp³-hybridized carbons (Fsp3) is 0.529. The Kier molecular flexibility index (Phi) is 4.32. The number of likely N-dealkylation sites (tertiary alicyclic amines) is 1. The van der Waals surface area contributed by atoms with Gasteiger partial charge in [-0.15, -0.1) is 0 Å². The average molecular weight is 301 g/mol. The second kappa shape index (κ2) is 6.38. The fourth-order valence-corrected chi connectivity index (χ4v) is 3.53. The Morgan fingerprint density at radius 2 is 2.05 bits per heavy atom. The molecule has 3 rings (SSSR count). The summed E-state index contributed by atoms with van der Waals surface area (Å²) in [5.74, 6) is 0.139. The molecule has 3 amide bonds. The summed E-state index contributed by atoms with van der Waals surface area (Å²) >= 11 is 0. The van der Waals surface area contributed by atoms with E-state index in [1.54, 1.807) is 0 Å². The van der Waals surface area contributed by atoms with Crippen molar-refractivity contribution in [1.29, 1.82) is 0 Å². The zero-order valence-electron chi connectivity index (χ0n) is 12.8. The lowest BCUT2D eigenvalue weighted by Crippen LogP contribution is -2.47. The van der Waals surface area contributed by atoms with Gasteiger partial charge in [0, 0.05) is 31.7 Å². The molecule has 5 nitrogen and oxygen atoms in total. The smallest absolute Gasteiger partial charge is 0.324 e. The van der Waals surface area contributed by atoms with Crippen LogP contribution in [0.3, 0.4) is 0 Å². The summed E-state index contributed by atoms with van der Waals surface area (Å²) in [5.41, 5.74) is 7.53. The minimum absolute atomic E-state index is 0.105. The molecule has 2 N–H and O–H groups in total. The first-order chi connectivity index (χ1) is 10.6. The molecule has 1 unspecified atom stereocenters. The van der Waals surface area contributed by atoms with Crippen molar-refractivity contribution in [3.05, 3.63) is 29.8 Å². The number of nitrogens with two attached hydrogens (primary N) is 1. The summed E-state index contributed by atoms with van der Waals surface area (Å²) in [4.78, 5) is 27.6. The highest BCUT2D eigenvalue weighted by molar-refractivity contribution is 5.94. The predicted octanol–water partition coefficient (Wildman–Crippen LogP) is 2.15. The summed E-state index contributed by atoms with van der Waals surface area (Å²) in [7, 11) is 0. The van der Waals surface area contributed by atoms with Crippen LogP contribution in [-0.2, 0) is 11.2 Å². The van der Waals surface area contributed by atoms with Gasteiger partial charge in [-0.1, -0.05) is 18.2 Å². The number of urea groups is 1. The van der Waals surface area contributed by atoms with Crippen molar-refractivity contribution >= 4 is 17.6 Å². The number of para-hydroxylation sites is 1. The van der Waals surface area contributed by atoms with Gasteiger partial charge in [0.05, 0.1) is 0 Å². The number of piperidine rings is 1. The van der Waals surface area contributed by atoms with Crippen molar-refractivity contribution in [3.63, 3.8) is 0 Å². The van der Waals surface area contributed by atoms with Crippen molar-refractivity contribution in [3.8, 4) is 0 Å². The third kappa shape index (κ3) is 3.08. The molecule has 1 aromatic carbocycles. The Labute approximate surface area is 131 Å². The van der Waals surface area contributed by atoms with Crippen molar-refractivity contribution in [2.75, 3.05) is 24.5 Å². The highest BCUT2D eigenvalue weighted by Crippen LogP contribution is 2.30. The lowest BCUT2D eigenvalue weighted by molar-refractivity contribution is -0.118. The molecule has 0 aliphatic carbocycles. The van der Waals surface area contributed by atoms with Crippen molar-refractivity contribution in [2.24, 2.45) is 11.7 Å². The zero-order chi connectivity index (χ0) is 15.5. The summed E-state index contributed by atoms with van der Waals surface area (Å²) in [6, 6.07) is 8.22. The summed E-state index contributed by atoms with van der Waals surface area (Å²) in [6.45, 7) is 2.32. The number of carbonyl (C=O) groups is 2. The van der Waals surface area contributed by atoms with E-state index < -0.39 is 0 Å². The topological polar surface area (TPSA) is 66.6 Å². The van der Waals surface area contributed by atoms with Gasteiger partial charge in [-0.05, 0) is 43.2 Å². The summed E-state index contributed by atoms with van der Waals surface area (Å²) in [6.07, 6.45) is 4.22. The molecule has 1 atom stereocenters. The minimum Gasteiger partial charge on any atom is -0.370 e. The Morgan fingerprint density at radius 3 is 2.86 bits per heavy atom. The lowest BCUT2D eigenvalue weighted by Gasteiger charge is -2.35. The Bertz CT molecular complexity index is 573. The molecule has 0 bridgehead atoms. The second-order valence-electron chi connectivity index (χ2n) is 6.27. The number of carbonyl (C=O) groups excluding carboxylic acids is 2. The van der Waals surface area contributed by atoms with Gasteiger partial charge in [0.25, 0.3) is 0 Å². The third-order valence-corrected chi connectivity index (χ3v) is 4.71. The Hall–Kier alpha value is -2.04. The average Bonchev–Trinajstić information content (AvgIpc) is 2.96. The maximum Gasteiger partial charge on any atom is 0.324 e. The van der Waals surface area contributed by atoms with E-state index in [2.05, 4.69) is 6.07 Å². The normalized spacial score (nSPS) is 20.8. The van der Waals surface area contributed by atoms with Gasteiger partial charge >= 0.3 is 6.03 Å². The van der Waals surface area contributed by atoms with E-state index in [0.717, 1.165) is 51.0 Å². The maximum absolute atomic E-state index is 12.8. The van der Waals surface area contributed by atoms with Crippen LogP contribution in [0.4, 0.5) is 10.5 Å². The Morgan fingerprint density at radius 1 is 1.23 bits per heavy atom. The monoisotopic (exact) mass is 301 g/mol. The number of amides is 3. The third-order valence-electron chi connectivity index (χ3n) is 4.71. The molecular formula is C17H23N3O2. The number of hydrogen-bond donors (Lipinski definition) is 1. The zero-order valence-corrected chi connectivity index (χ0v) is 12.8. The van der Waals surface area contributed by atoms with Crippen molar-refractivity contribution < 1.29 is 9.59 Å². The second-order valence-corrected chi connectivity index (χ2v) is 6.27. The number of benzene rings is 1. The van der Waals surface area contributed by atoms with E-state index in [4.69, 9.17) is 5.73 Å². The fourth-order valence-electron chi connectivity index (χ4n) is 3.53. The predicted molar refractivity (Wildman–Crippen MR) is 85.6 cm³/mol. The van der Waals surface area contributed by atoms with Gasteiger partial charge in [-0.25, -0.2) is 4.79 Å².